The standard InChI is InChI=1S/C22H31N8O16P3/c1-24-12-6-4-3-5-11(12)18(32)25-7-8-26-22(34)44-16-13(9-42-48(38,39)46-49(40,41)45-47(35,36)37)43-20(15(16)31)30-10-29(2)14-17(30)27-21(23)28-19(14)33/h3-6,10,13,15-16,20,31H,7-9H2,1-2H3,(H9-,23,24,25,26,27,28,32,33,34,35,36,37,38,39,40,41)/p+1/t13-,15-,16-,20-/m1/s1. The number of benzene rings is 1. The predicted octanol–water partition coefficient (Wildman–Crippen LogP) is -1.70. The molecule has 1 aliphatic heterocycles. The number of nitrogen functional groups attached to an aromatic ring is 1. The fourth-order valence-electron chi connectivity index (χ4n) is 4.66. The number of para-hydroxylation sites is 1. The number of aryl methyl sites for hydroxylation is 1. The number of ether oxygens (including phenoxy) is 2. The number of H-pyrrole nitrogens is 1. The van der Waals surface area contributed by atoms with Gasteiger partial charge in [0.05, 0.1) is 19.2 Å². The Kier molecular flexibility index (Phi) is 11.7. The number of phosphoric acid groups is 3. The lowest BCUT2D eigenvalue weighted by atomic mass is 10.1. The predicted molar refractivity (Wildman–Crippen MR) is 162 cm³/mol. The lowest BCUT2D eigenvalue weighted by Crippen LogP contribution is -2.47. The van der Waals surface area contributed by atoms with E-state index in [1.807, 2.05) is 0 Å². The maximum absolute atomic E-state index is 12.7. The molecule has 11 N–H and O–H groups in total. The van der Waals surface area contributed by atoms with E-state index in [2.05, 4.69) is 39.1 Å². The fraction of sp³-hybridized carbons (Fsp3) is 0.409. The molecule has 2 aromatic heterocycles. The molecular formula is C22H32N8O16P3+. The summed E-state index contributed by atoms with van der Waals surface area (Å²) in [5.74, 6) is -0.753. The highest BCUT2D eigenvalue weighted by molar-refractivity contribution is 7.66. The number of carbonyl (C=O) groups is 2. The van der Waals surface area contributed by atoms with Gasteiger partial charge in [-0.05, 0) is 12.1 Å². The second-order valence-electron chi connectivity index (χ2n) is 10.0. The maximum Gasteiger partial charge on any atom is 0.490 e. The molecule has 270 valence electrons. The number of aromatic amines is 1. The van der Waals surface area contributed by atoms with E-state index in [0.29, 0.717) is 11.3 Å². The molecule has 2 amide bonds. The van der Waals surface area contributed by atoms with E-state index in [0.717, 1.165) is 4.57 Å². The van der Waals surface area contributed by atoms with Crippen LogP contribution >= 0.6 is 23.5 Å². The van der Waals surface area contributed by atoms with Gasteiger partial charge in [0.2, 0.25) is 11.7 Å². The van der Waals surface area contributed by atoms with Crippen molar-refractivity contribution in [3.05, 3.63) is 46.5 Å². The molecule has 24 nitrogen and oxygen atoms in total. The molecule has 0 spiro atoms. The van der Waals surface area contributed by atoms with Crippen molar-refractivity contribution in [1.29, 1.82) is 0 Å². The topological polar surface area (TPSA) is 349 Å². The number of phosphoric ester groups is 1. The first kappa shape index (κ1) is 38.0. The minimum atomic E-state index is -5.87. The average Bonchev–Trinajstić information content (AvgIpc) is 3.47. The molecule has 3 aromatic rings. The number of nitrogens with zero attached hydrogens (tertiary/aromatic N) is 3. The van der Waals surface area contributed by atoms with Crippen LogP contribution in [0, 0.1) is 0 Å². The van der Waals surface area contributed by atoms with E-state index in [-0.39, 0.29) is 30.2 Å². The van der Waals surface area contributed by atoms with E-state index < -0.39 is 72.2 Å². The number of imidazole rings is 1. The van der Waals surface area contributed by atoms with Crippen molar-refractivity contribution in [2.45, 2.75) is 24.5 Å². The van der Waals surface area contributed by atoms with Gasteiger partial charge in [0.15, 0.2) is 18.5 Å². The van der Waals surface area contributed by atoms with Gasteiger partial charge < -0.3 is 55.8 Å². The summed E-state index contributed by atoms with van der Waals surface area (Å²) in [5, 5.41) is 19.0. The van der Waals surface area contributed by atoms with Crippen molar-refractivity contribution in [3.63, 3.8) is 0 Å². The summed E-state index contributed by atoms with van der Waals surface area (Å²) >= 11 is 0. The van der Waals surface area contributed by atoms with Crippen molar-refractivity contribution in [2.24, 2.45) is 7.05 Å². The van der Waals surface area contributed by atoms with Gasteiger partial charge in [-0.1, -0.05) is 17.1 Å². The number of amides is 2. The first-order chi connectivity index (χ1) is 22.8. The Morgan fingerprint density at radius 3 is 2.45 bits per heavy atom. The molecule has 1 aromatic carbocycles. The van der Waals surface area contributed by atoms with Crippen LogP contribution in [-0.2, 0) is 43.4 Å². The fourth-order valence-corrected chi connectivity index (χ4v) is 7.69. The Balaban J connectivity index is 1.49. The zero-order valence-corrected chi connectivity index (χ0v) is 28.0. The summed E-state index contributed by atoms with van der Waals surface area (Å²) in [6, 6.07) is 6.66. The second-order valence-corrected chi connectivity index (χ2v) is 14.5. The van der Waals surface area contributed by atoms with Gasteiger partial charge in [-0.3, -0.25) is 23.7 Å². The van der Waals surface area contributed by atoms with E-state index in [9.17, 15) is 43.0 Å². The molecule has 4 rings (SSSR count). The Morgan fingerprint density at radius 2 is 1.78 bits per heavy atom. The monoisotopic (exact) mass is 757 g/mol. The summed E-state index contributed by atoms with van der Waals surface area (Å²) in [5.41, 5.74) is 5.80. The van der Waals surface area contributed by atoms with Gasteiger partial charge in [-0.25, -0.2) is 23.1 Å². The van der Waals surface area contributed by atoms with Crippen LogP contribution in [0.1, 0.15) is 16.6 Å². The molecule has 3 heterocycles. The molecule has 27 heteroatoms. The minimum absolute atomic E-state index is 0.0173. The van der Waals surface area contributed by atoms with Gasteiger partial charge in [-0.15, -0.1) is 0 Å². The zero-order chi connectivity index (χ0) is 36.3. The number of carbonyl (C=O) groups excluding carboxylic acids is 2. The Bertz CT molecular complexity index is 1920. The largest absolute Gasteiger partial charge is 0.490 e. The number of aliphatic hydroxyl groups is 1. The quantitative estimate of drug-likeness (QED) is 0.0497. The van der Waals surface area contributed by atoms with E-state index in [1.54, 1.807) is 31.3 Å². The van der Waals surface area contributed by atoms with Crippen molar-refractivity contribution in [2.75, 3.05) is 37.8 Å². The molecule has 0 radical (unpaired) electrons. The molecule has 1 fully saturated rings. The summed E-state index contributed by atoms with van der Waals surface area (Å²) in [4.78, 5) is 80.9. The lowest BCUT2D eigenvalue weighted by Gasteiger charge is -2.22. The summed E-state index contributed by atoms with van der Waals surface area (Å²) < 4.78 is 60.5. The first-order valence-electron chi connectivity index (χ1n) is 13.7. The van der Waals surface area contributed by atoms with E-state index in [4.69, 9.17) is 25.0 Å². The Hall–Kier alpha value is -3.76. The number of rotatable bonds is 14. The number of nitrogens with one attached hydrogen (secondary N) is 4. The number of aliphatic hydroxyl groups excluding tert-OH is 1. The molecule has 0 saturated carbocycles. The zero-order valence-electron chi connectivity index (χ0n) is 25.3. The van der Waals surface area contributed by atoms with Crippen LogP contribution in [0.3, 0.4) is 0 Å². The third-order valence-electron chi connectivity index (χ3n) is 6.56. The molecule has 0 aliphatic carbocycles. The summed E-state index contributed by atoms with van der Waals surface area (Å²) in [6.45, 7) is -1.35. The lowest BCUT2D eigenvalue weighted by molar-refractivity contribution is -0.745. The highest BCUT2D eigenvalue weighted by Crippen LogP contribution is 2.66. The Labute approximate surface area is 274 Å². The average molecular weight is 757 g/mol. The molecule has 0 bridgehead atoms. The summed E-state index contributed by atoms with van der Waals surface area (Å²) in [7, 11) is -14.1. The van der Waals surface area contributed by atoms with Gasteiger partial charge in [0.1, 0.15) is 6.10 Å². The highest BCUT2D eigenvalue weighted by atomic mass is 31.3. The number of alkyl carbamates (subject to hydrolysis) is 1. The van der Waals surface area contributed by atoms with Gasteiger partial charge in [-0.2, -0.15) is 8.62 Å². The molecule has 49 heavy (non-hydrogen) atoms. The number of hydrogen-bond donors (Lipinski definition) is 10. The van der Waals surface area contributed by atoms with Crippen LogP contribution in [-0.4, -0.2) is 96.3 Å². The maximum atomic E-state index is 12.7. The number of nitrogens with two attached hydrogens (primary N) is 1. The van der Waals surface area contributed by atoms with Gasteiger partial charge in [0.25, 0.3) is 17.4 Å². The minimum Gasteiger partial charge on any atom is -0.440 e. The number of aromatic nitrogens is 4. The number of hydrogen-bond acceptors (Lipinski definition) is 15. The summed E-state index contributed by atoms with van der Waals surface area (Å²) in [6.07, 6.45) is -6.61. The molecule has 1 saturated heterocycles. The molecule has 6 atom stereocenters. The van der Waals surface area contributed by atoms with Crippen LogP contribution < -0.4 is 31.8 Å². The first-order valence-corrected chi connectivity index (χ1v) is 18.2. The van der Waals surface area contributed by atoms with Crippen molar-refractivity contribution in [3.8, 4) is 0 Å². The van der Waals surface area contributed by atoms with Crippen LogP contribution in [0.5, 0.6) is 0 Å². The molecular weight excluding hydrogens is 725 g/mol. The normalized spacial score (nSPS) is 21.9. The number of fused-ring (bicyclic) bond motifs is 1. The molecule has 2 unspecified atom stereocenters. The van der Waals surface area contributed by atoms with Crippen LogP contribution in [0.4, 0.5) is 16.4 Å². The van der Waals surface area contributed by atoms with Gasteiger partial charge in [0, 0.05) is 25.8 Å². The van der Waals surface area contributed by atoms with Crippen LogP contribution in [0.15, 0.2) is 35.4 Å². The van der Waals surface area contributed by atoms with Crippen molar-refractivity contribution >= 4 is 58.3 Å². The van der Waals surface area contributed by atoms with Crippen molar-refractivity contribution < 1.29 is 75.2 Å². The van der Waals surface area contributed by atoms with E-state index >= 15 is 0 Å². The highest BCUT2D eigenvalue weighted by Gasteiger charge is 2.51. The third-order valence-corrected chi connectivity index (χ3v) is 10.4. The SMILES string of the molecule is CNc1ccccc1C(=O)NCCNC(=O)O[C@H]1[C@@H](O)[C@H]([n+]2cn(C)c3c(=O)[nH]c(N)nc32)O[C@@H]1COP(=O)(O)OP(=O)(O)OP(=O)(O)O. The van der Waals surface area contributed by atoms with Crippen LogP contribution in [0.2, 0.25) is 0 Å². The van der Waals surface area contributed by atoms with Gasteiger partial charge >= 0.3 is 35.2 Å². The molecule has 1 aliphatic rings. The third kappa shape index (κ3) is 9.69. The Morgan fingerprint density at radius 1 is 1.10 bits per heavy atom. The second kappa shape index (κ2) is 15.0. The smallest absolute Gasteiger partial charge is 0.440 e. The van der Waals surface area contributed by atoms with Crippen LogP contribution in [0.25, 0.3) is 11.2 Å². The number of anilines is 2. The van der Waals surface area contributed by atoms with E-state index in [1.165, 1.54) is 17.9 Å². The van der Waals surface area contributed by atoms with Crippen molar-refractivity contribution in [1.82, 2.24) is 25.2 Å².